The molecule has 5 nitrogen and oxygen atoms in total. The van der Waals surface area contributed by atoms with Crippen molar-refractivity contribution in [3.63, 3.8) is 0 Å². The Labute approximate surface area is 128 Å². The standard InChI is InChI=1S/C13H26ClN3O2S/c1-2-6-15-8-10-16(11-9-15)20(18,19)17-7-4-3-5-13(17)12-14/h13H,2-12H2,1H3. The number of halogens is 1. The lowest BCUT2D eigenvalue weighted by atomic mass is 10.1. The molecule has 0 aromatic rings. The molecule has 2 aliphatic rings. The van der Waals surface area contributed by atoms with Crippen LogP contribution in [0.3, 0.4) is 0 Å². The molecule has 1 unspecified atom stereocenters. The molecule has 0 aromatic carbocycles. The van der Waals surface area contributed by atoms with Crippen LogP contribution in [0.2, 0.25) is 0 Å². The molecule has 0 aromatic heterocycles. The molecule has 0 bridgehead atoms. The molecule has 0 aliphatic carbocycles. The van der Waals surface area contributed by atoms with E-state index < -0.39 is 10.2 Å². The zero-order valence-corrected chi connectivity index (χ0v) is 13.9. The van der Waals surface area contributed by atoms with Gasteiger partial charge in [-0.15, -0.1) is 11.6 Å². The molecule has 0 amide bonds. The van der Waals surface area contributed by atoms with E-state index in [1.807, 2.05) is 0 Å². The quantitative estimate of drug-likeness (QED) is 0.717. The molecule has 2 heterocycles. The predicted molar refractivity (Wildman–Crippen MR) is 82.3 cm³/mol. The monoisotopic (exact) mass is 323 g/mol. The highest BCUT2D eigenvalue weighted by atomic mass is 35.5. The summed E-state index contributed by atoms with van der Waals surface area (Å²) in [4.78, 5) is 2.33. The van der Waals surface area contributed by atoms with E-state index in [0.717, 1.165) is 45.3 Å². The van der Waals surface area contributed by atoms with E-state index >= 15 is 0 Å². The minimum atomic E-state index is -3.33. The van der Waals surface area contributed by atoms with Crippen molar-refractivity contribution in [1.29, 1.82) is 0 Å². The topological polar surface area (TPSA) is 43.9 Å². The Morgan fingerprint density at radius 3 is 2.40 bits per heavy atom. The van der Waals surface area contributed by atoms with E-state index in [9.17, 15) is 8.42 Å². The normalized spacial score (nSPS) is 27.8. The summed E-state index contributed by atoms with van der Waals surface area (Å²) in [5, 5.41) is 0. The third kappa shape index (κ3) is 3.65. The van der Waals surface area contributed by atoms with Gasteiger partial charge in [0.15, 0.2) is 0 Å². The predicted octanol–water partition coefficient (Wildman–Crippen LogP) is 1.35. The van der Waals surface area contributed by atoms with Crippen LogP contribution in [-0.4, -0.2) is 73.1 Å². The van der Waals surface area contributed by atoms with Gasteiger partial charge in [-0.25, -0.2) is 0 Å². The summed E-state index contributed by atoms with van der Waals surface area (Å²) >= 11 is 5.95. The molecule has 7 heteroatoms. The van der Waals surface area contributed by atoms with Crippen LogP contribution in [0.25, 0.3) is 0 Å². The summed E-state index contributed by atoms with van der Waals surface area (Å²) in [5.74, 6) is 0.398. The highest BCUT2D eigenvalue weighted by Crippen LogP contribution is 2.24. The van der Waals surface area contributed by atoms with E-state index in [1.165, 1.54) is 0 Å². The van der Waals surface area contributed by atoms with Crippen LogP contribution >= 0.6 is 11.6 Å². The van der Waals surface area contributed by atoms with Crippen molar-refractivity contribution in [3.05, 3.63) is 0 Å². The van der Waals surface area contributed by atoms with Crippen LogP contribution in [0.1, 0.15) is 32.6 Å². The molecule has 2 fully saturated rings. The van der Waals surface area contributed by atoms with Crippen LogP contribution in [0, 0.1) is 0 Å². The average Bonchev–Trinajstić information content (AvgIpc) is 2.48. The minimum Gasteiger partial charge on any atom is -0.301 e. The van der Waals surface area contributed by atoms with Gasteiger partial charge in [0.2, 0.25) is 0 Å². The molecular weight excluding hydrogens is 298 g/mol. The summed E-state index contributed by atoms with van der Waals surface area (Å²) in [5.41, 5.74) is 0. The van der Waals surface area contributed by atoms with E-state index in [2.05, 4.69) is 11.8 Å². The third-order valence-corrected chi connectivity index (χ3v) is 6.69. The molecule has 1 atom stereocenters. The van der Waals surface area contributed by atoms with E-state index in [1.54, 1.807) is 8.61 Å². The Morgan fingerprint density at radius 1 is 1.10 bits per heavy atom. The molecule has 20 heavy (non-hydrogen) atoms. The van der Waals surface area contributed by atoms with Gasteiger partial charge in [0.05, 0.1) is 0 Å². The van der Waals surface area contributed by atoms with Gasteiger partial charge < -0.3 is 4.90 Å². The SMILES string of the molecule is CCCN1CCN(S(=O)(=O)N2CCCCC2CCl)CC1. The molecular formula is C13H26ClN3O2S. The zero-order valence-electron chi connectivity index (χ0n) is 12.3. The number of piperazine rings is 1. The lowest BCUT2D eigenvalue weighted by Crippen LogP contribution is -2.56. The summed E-state index contributed by atoms with van der Waals surface area (Å²) in [7, 11) is -3.33. The lowest BCUT2D eigenvalue weighted by molar-refractivity contribution is 0.172. The Bertz CT molecular complexity index is 396. The van der Waals surface area contributed by atoms with Gasteiger partial charge in [-0.05, 0) is 25.8 Å². The number of hydrogen-bond donors (Lipinski definition) is 0. The van der Waals surface area contributed by atoms with Crippen molar-refractivity contribution >= 4 is 21.8 Å². The highest BCUT2D eigenvalue weighted by Gasteiger charge is 2.37. The maximum absolute atomic E-state index is 12.7. The Kier molecular flexibility index (Phi) is 6.10. The number of hydrogen-bond acceptors (Lipinski definition) is 3. The highest BCUT2D eigenvalue weighted by molar-refractivity contribution is 7.86. The summed E-state index contributed by atoms with van der Waals surface area (Å²) in [6.45, 7) is 6.72. The van der Waals surface area contributed by atoms with Gasteiger partial charge in [-0.3, -0.25) is 0 Å². The first-order valence-electron chi connectivity index (χ1n) is 7.64. The third-order valence-electron chi connectivity index (χ3n) is 4.24. The van der Waals surface area contributed by atoms with Crippen LogP contribution < -0.4 is 0 Å². The fraction of sp³-hybridized carbons (Fsp3) is 1.00. The Balaban J connectivity index is 1.99. The van der Waals surface area contributed by atoms with E-state index in [0.29, 0.717) is 25.5 Å². The average molecular weight is 324 g/mol. The number of alkyl halides is 1. The second-order valence-corrected chi connectivity index (χ2v) is 7.85. The van der Waals surface area contributed by atoms with Gasteiger partial charge in [-0.2, -0.15) is 17.0 Å². The Morgan fingerprint density at radius 2 is 1.80 bits per heavy atom. The summed E-state index contributed by atoms with van der Waals surface area (Å²) in [6, 6.07) is -0.0240. The van der Waals surface area contributed by atoms with Gasteiger partial charge >= 0.3 is 0 Å². The van der Waals surface area contributed by atoms with Crippen LogP contribution in [0.4, 0.5) is 0 Å². The molecule has 0 radical (unpaired) electrons. The van der Waals surface area contributed by atoms with Crippen molar-refractivity contribution in [2.45, 2.75) is 38.6 Å². The van der Waals surface area contributed by atoms with Crippen molar-refractivity contribution in [3.8, 4) is 0 Å². The maximum Gasteiger partial charge on any atom is 0.282 e. The molecule has 0 saturated carbocycles. The van der Waals surface area contributed by atoms with Gasteiger partial charge in [0.25, 0.3) is 10.2 Å². The van der Waals surface area contributed by atoms with Crippen molar-refractivity contribution in [2.75, 3.05) is 45.1 Å². The number of piperidine rings is 1. The first-order valence-corrected chi connectivity index (χ1v) is 9.58. The van der Waals surface area contributed by atoms with Gasteiger partial charge in [0, 0.05) is 44.6 Å². The van der Waals surface area contributed by atoms with Crippen LogP contribution in [0.5, 0.6) is 0 Å². The molecule has 0 N–H and O–H groups in total. The summed E-state index contributed by atoms with van der Waals surface area (Å²) in [6.07, 6.45) is 4.03. The lowest BCUT2D eigenvalue weighted by Gasteiger charge is -2.40. The fourth-order valence-corrected chi connectivity index (χ4v) is 5.32. The first kappa shape index (κ1) is 16.5. The maximum atomic E-state index is 12.7. The molecule has 118 valence electrons. The number of rotatable bonds is 5. The smallest absolute Gasteiger partial charge is 0.282 e. The fourth-order valence-electron chi connectivity index (χ4n) is 3.08. The van der Waals surface area contributed by atoms with E-state index in [4.69, 9.17) is 11.6 Å². The number of nitrogens with zero attached hydrogens (tertiary/aromatic N) is 3. The minimum absolute atomic E-state index is 0.0240. The van der Waals surface area contributed by atoms with Crippen LogP contribution in [-0.2, 0) is 10.2 Å². The molecule has 0 spiro atoms. The first-order chi connectivity index (χ1) is 9.59. The van der Waals surface area contributed by atoms with Gasteiger partial charge in [0.1, 0.15) is 0 Å². The van der Waals surface area contributed by atoms with Crippen molar-refractivity contribution in [2.24, 2.45) is 0 Å². The molecule has 2 saturated heterocycles. The van der Waals surface area contributed by atoms with Gasteiger partial charge in [-0.1, -0.05) is 13.3 Å². The van der Waals surface area contributed by atoms with Crippen LogP contribution in [0.15, 0.2) is 0 Å². The second kappa shape index (κ2) is 7.40. The molecule has 2 aliphatic heterocycles. The summed E-state index contributed by atoms with van der Waals surface area (Å²) < 4.78 is 28.8. The Hall–Kier alpha value is 0.120. The molecule has 2 rings (SSSR count). The van der Waals surface area contributed by atoms with Crippen molar-refractivity contribution < 1.29 is 8.42 Å². The second-order valence-electron chi connectivity index (χ2n) is 5.66. The van der Waals surface area contributed by atoms with Crippen molar-refractivity contribution in [1.82, 2.24) is 13.5 Å². The zero-order chi connectivity index (χ0) is 14.6. The van der Waals surface area contributed by atoms with E-state index in [-0.39, 0.29) is 6.04 Å². The largest absolute Gasteiger partial charge is 0.301 e.